The molecule has 21 heavy (non-hydrogen) atoms. The van der Waals surface area contributed by atoms with Crippen LogP contribution in [0.5, 0.6) is 0 Å². The number of anilines is 2. The van der Waals surface area contributed by atoms with Crippen LogP contribution in [0.15, 0.2) is 48.5 Å². The smallest absolute Gasteiger partial charge is 0.322 e. The van der Waals surface area contributed by atoms with Gasteiger partial charge in [-0.3, -0.25) is 0 Å². The Morgan fingerprint density at radius 3 is 2.43 bits per heavy atom. The molecule has 0 aliphatic heterocycles. The van der Waals surface area contributed by atoms with E-state index in [1.807, 2.05) is 62.4 Å². The van der Waals surface area contributed by atoms with E-state index in [9.17, 15) is 4.79 Å². The maximum atomic E-state index is 12.3. The number of hydrogen-bond acceptors (Lipinski definition) is 2. The summed E-state index contributed by atoms with van der Waals surface area (Å²) in [5.41, 5.74) is 9.56. The molecule has 2 aromatic rings. The maximum absolute atomic E-state index is 12.3. The summed E-state index contributed by atoms with van der Waals surface area (Å²) >= 11 is 0. The van der Waals surface area contributed by atoms with Crippen LogP contribution < -0.4 is 11.1 Å². The minimum atomic E-state index is -0.121. The lowest BCUT2D eigenvalue weighted by molar-refractivity contribution is 0.212. The molecule has 0 radical (unpaired) electrons. The van der Waals surface area contributed by atoms with Gasteiger partial charge < -0.3 is 16.0 Å². The first-order chi connectivity index (χ1) is 10.1. The summed E-state index contributed by atoms with van der Waals surface area (Å²) in [5, 5.41) is 2.91. The number of nitrogens with one attached hydrogen (secondary N) is 1. The molecular weight excluding hydrogens is 262 g/mol. The molecule has 110 valence electrons. The summed E-state index contributed by atoms with van der Waals surface area (Å²) in [4.78, 5) is 14.0. The van der Waals surface area contributed by atoms with E-state index in [-0.39, 0.29) is 6.03 Å². The van der Waals surface area contributed by atoms with E-state index in [4.69, 9.17) is 5.73 Å². The van der Waals surface area contributed by atoms with Gasteiger partial charge >= 0.3 is 6.03 Å². The third kappa shape index (κ3) is 3.99. The van der Waals surface area contributed by atoms with Crippen LogP contribution in [-0.2, 0) is 6.54 Å². The van der Waals surface area contributed by atoms with E-state index in [0.29, 0.717) is 18.8 Å². The fraction of sp³-hybridized carbons (Fsp3) is 0.235. The summed E-state index contributed by atoms with van der Waals surface area (Å²) in [6.45, 7) is 5.09. The third-order valence-electron chi connectivity index (χ3n) is 3.39. The van der Waals surface area contributed by atoms with Crippen molar-refractivity contribution < 1.29 is 4.79 Å². The van der Waals surface area contributed by atoms with Gasteiger partial charge in [-0.1, -0.05) is 35.9 Å². The SMILES string of the molecule is CCN(Cc1ccccc1N)C(=O)Nc1ccc(C)cc1. The Hall–Kier alpha value is -2.49. The van der Waals surface area contributed by atoms with E-state index in [1.54, 1.807) is 4.90 Å². The van der Waals surface area contributed by atoms with Crippen molar-refractivity contribution in [3.05, 3.63) is 59.7 Å². The highest BCUT2D eigenvalue weighted by Crippen LogP contribution is 2.15. The van der Waals surface area contributed by atoms with Crippen molar-refractivity contribution in [3.63, 3.8) is 0 Å². The summed E-state index contributed by atoms with van der Waals surface area (Å²) in [6, 6.07) is 15.2. The van der Waals surface area contributed by atoms with E-state index in [1.165, 1.54) is 0 Å². The number of amides is 2. The zero-order chi connectivity index (χ0) is 15.2. The van der Waals surface area contributed by atoms with Crippen LogP contribution in [0, 0.1) is 6.92 Å². The highest BCUT2D eigenvalue weighted by atomic mass is 16.2. The quantitative estimate of drug-likeness (QED) is 0.842. The van der Waals surface area contributed by atoms with Gasteiger partial charge in [0.1, 0.15) is 0 Å². The first-order valence-electron chi connectivity index (χ1n) is 7.06. The minimum Gasteiger partial charge on any atom is -0.398 e. The fourth-order valence-electron chi connectivity index (χ4n) is 2.05. The molecule has 0 unspecified atom stereocenters. The van der Waals surface area contributed by atoms with Crippen molar-refractivity contribution in [2.45, 2.75) is 20.4 Å². The van der Waals surface area contributed by atoms with Crippen LogP contribution in [0.4, 0.5) is 16.2 Å². The molecule has 0 spiro atoms. The molecule has 0 bridgehead atoms. The van der Waals surface area contributed by atoms with E-state index in [2.05, 4.69) is 5.32 Å². The maximum Gasteiger partial charge on any atom is 0.322 e. The lowest BCUT2D eigenvalue weighted by Gasteiger charge is -2.22. The van der Waals surface area contributed by atoms with Crippen molar-refractivity contribution in [1.82, 2.24) is 4.90 Å². The van der Waals surface area contributed by atoms with Crippen LogP contribution >= 0.6 is 0 Å². The summed E-state index contributed by atoms with van der Waals surface area (Å²) in [7, 11) is 0. The van der Waals surface area contributed by atoms with Gasteiger partial charge in [-0.15, -0.1) is 0 Å². The third-order valence-corrected chi connectivity index (χ3v) is 3.39. The van der Waals surface area contributed by atoms with Gasteiger partial charge in [-0.25, -0.2) is 4.79 Å². The number of nitrogens with zero attached hydrogens (tertiary/aromatic N) is 1. The zero-order valence-electron chi connectivity index (χ0n) is 12.5. The standard InChI is InChI=1S/C17H21N3O/c1-3-20(12-14-6-4-5-7-16(14)18)17(21)19-15-10-8-13(2)9-11-15/h4-11H,3,12,18H2,1-2H3,(H,19,21). The molecular formula is C17H21N3O. The zero-order valence-corrected chi connectivity index (χ0v) is 12.5. The number of carbonyl (C=O) groups excluding carboxylic acids is 1. The summed E-state index contributed by atoms with van der Waals surface area (Å²) < 4.78 is 0. The predicted octanol–water partition coefficient (Wildman–Crippen LogP) is 3.63. The number of para-hydroxylation sites is 1. The number of rotatable bonds is 4. The number of urea groups is 1. The molecule has 4 heteroatoms. The molecule has 0 aliphatic carbocycles. The molecule has 3 N–H and O–H groups in total. The lowest BCUT2D eigenvalue weighted by atomic mass is 10.1. The largest absolute Gasteiger partial charge is 0.398 e. The molecule has 0 atom stereocenters. The van der Waals surface area contributed by atoms with Crippen molar-refractivity contribution in [2.75, 3.05) is 17.6 Å². The number of benzene rings is 2. The van der Waals surface area contributed by atoms with Gasteiger partial charge in [0.05, 0.1) is 0 Å². The van der Waals surface area contributed by atoms with Crippen molar-refractivity contribution in [3.8, 4) is 0 Å². The number of nitrogens with two attached hydrogens (primary N) is 1. The monoisotopic (exact) mass is 283 g/mol. The second kappa shape index (κ2) is 6.79. The highest BCUT2D eigenvalue weighted by molar-refractivity contribution is 5.89. The summed E-state index contributed by atoms with van der Waals surface area (Å²) in [6.07, 6.45) is 0. The Bertz CT molecular complexity index is 608. The Kier molecular flexibility index (Phi) is 4.82. The predicted molar refractivity (Wildman–Crippen MR) is 87.1 cm³/mol. The van der Waals surface area contributed by atoms with Crippen molar-refractivity contribution in [1.29, 1.82) is 0 Å². The van der Waals surface area contributed by atoms with Crippen LogP contribution in [-0.4, -0.2) is 17.5 Å². The van der Waals surface area contributed by atoms with Gasteiger partial charge in [-0.2, -0.15) is 0 Å². The van der Waals surface area contributed by atoms with E-state index >= 15 is 0 Å². The van der Waals surface area contributed by atoms with Gasteiger partial charge in [0.2, 0.25) is 0 Å². The van der Waals surface area contributed by atoms with Crippen molar-refractivity contribution >= 4 is 17.4 Å². The van der Waals surface area contributed by atoms with Gasteiger partial charge in [0.25, 0.3) is 0 Å². The molecule has 2 amide bonds. The van der Waals surface area contributed by atoms with Crippen LogP contribution in [0.2, 0.25) is 0 Å². The number of aryl methyl sites for hydroxylation is 1. The van der Waals surface area contributed by atoms with Gasteiger partial charge in [0, 0.05) is 24.5 Å². The second-order valence-electron chi connectivity index (χ2n) is 5.01. The molecule has 0 heterocycles. The number of nitrogen functional groups attached to an aromatic ring is 1. The number of hydrogen-bond donors (Lipinski definition) is 2. The molecule has 0 saturated heterocycles. The normalized spacial score (nSPS) is 10.2. The molecule has 2 rings (SSSR count). The molecule has 0 saturated carbocycles. The van der Waals surface area contributed by atoms with E-state index < -0.39 is 0 Å². The average Bonchev–Trinajstić information content (AvgIpc) is 2.48. The highest BCUT2D eigenvalue weighted by Gasteiger charge is 2.13. The first kappa shape index (κ1) is 14.9. The first-order valence-corrected chi connectivity index (χ1v) is 7.06. The Morgan fingerprint density at radius 1 is 1.14 bits per heavy atom. The Balaban J connectivity index is 2.05. The molecule has 4 nitrogen and oxygen atoms in total. The van der Waals surface area contributed by atoms with Crippen LogP contribution in [0.25, 0.3) is 0 Å². The summed E-state index contributed by atoms with van der Waals surface area (Å²) in [5.74, 6) is 0. The Labute approximate surface area is 125 Å². The van der Waals surface area contributed by atoms with Crippen LogP contribution in [0.1, 0.15) is 18.1 Å². The lowest BCUT2D eigenvalue weighted by Crippen LogP contribution is -2.34. The molecule has 0 fully saturated rings. The Morgan fingerprint density at radius 2 is 1.81 bits per heavy atom. The van der Waals surface area contributed by atoms with E-state index in [0.717, 1.165) is 16.8 Å². The van der Waals surface area contributed by atoms with Gasteiger partial charge in [-0.05, 0) is 37.6 Å². The molecule has 0 aromatic heterocycles. The van der Waals surface area contributed by atoms with Crippen molar-refractivity contribution in [2.24, 2.45) is 0 Å². The topological polar surface area (TPSA) is 58.4 Å². The molecule has 0 aliphatic rings. The fourth-order valence-corrected chi connectivity index (χ4v) is 2.05. The van der Waals surface area contributed by atoms with Gasteiger partial charge in [0.15, 0.2) is 0 Å². The minimum absolute atomic E-state index is 0.121. The number of carbonyl (C=O) groups is 1. The van der Waals surface area contributed by atoms with Crippen LogP contribution in [0.3, 0.4) is 0 Å². The molecule has 2 aromatic carbocycles. The average molecular weight is 283 g/mol. The second-order valence-corrected chi connectivity index (χ2v) is 5.01.